The Hall–Kier alpha value is -2.50. The molecule has 2 aliphatic rings. The van der Waals surface area contributed by atoms with Gasteiger partial charge in [0.25, 0.3) is 5.91 Å². The van der Waals surface area contributed by atoms with Gasteiger partial charge >= 0.3 is 0 Å². The van der Waals surface area contributed by atoms with E-state index < -0.39 is 0 Å². The van der Waals surface area contributed by atoms with Crippen LogP contribution in [0.5, 0.6) is 11.5 Å². The molecule has 22 heavy (non-hydrogen) atoms. The molecule has 114 valence electrons. The first-order chi connectivity index (χ1) is 10.7. The number of anilines is 1. The van der Waals surface area contributed by atoms with Crippen molar-refractivity contribution >= 4 is 11.6 Å². The number of nitrogens with one attached hydrogen (secondary N) is 1. The molecule has 1 aromatic heterocycles. The molecule has 0 fully saturated rings. The van der Waals surface area contributed by atoms with Crippen LogP contribution in [0.3, 0.4) is 0 Å². The second-order valence-corrected chi connectivity index (χ2v) is 5.64. The SMILES string of the molecule is CN(C(=O)c1n[nH]c2c1CCCC2)c1ccc2c(c1)OCO2. The number of benzene rings is 1. The first-order valence-electron chi connectivity index (χ1n) is 7.48. The molecule has 1 aliphatic heterocycles. The molecule has 2 heterocycles. The van der Waals surface area contributed by atoms with Gasteiger partial charge in [0.05, 0.1) is 0 Å². The Bertz CT molecular complexity index is 738. The second kappa shape index (κ2) is 5.05. The molecule has 1 aromatic carbocycles. The zero-order valence-corrected chi connectivity index (χ0v) is 12.4. The van der Waals surface area contributed by atoms with Crippen LogP contribution in [0.1, 0.15) is 34.6 Å². The number of H-pyrrole nitrogens is 1. The van der Waals surface area contributed by atoms with E-state index in [0.29, 0.717) is 17.2 Å². The number of ether oxygens (including phenoxy) is 2. The molecular weight excluding hydrogens is 282 g/mol. The summed E-state index contributed by atoms with van der Waals surface area (Å²) in [5, 5.41) is 7.26. The maximum absolute atomic E-state index is 12.7. The smallest absolute Gasteiger partial charge is 0.278 e. The Labute approximate surface area is 128 Å². The van der Waals surface area contributed by atoms with Gasteiger partial charge in [-0.2, -0.15) is 5.10 Å². The monoisotopic (exact) mass is 299 g/mol. The van der Waals surface area contributed by atoms with Gasteiger partial charge in [-0.3, -0.25) is 9.89 Å². The van der Waals surface area contributed by atoms with Crippen molar-refractivity contribution in [1.82, 2.24) is 10.2 Å². The van der Waals surface area contributed by atoms with Crippen LogP contribution in [-0.2, 0) is 12.8 Å². The third kappa shape index (κ3) is 2.03. The van der Waals surface area contributed by atoms with E-state index in [9.17, 15) is 4.79 Å². The lowest BCUT2D eigenvalue weighted by atomic mass is 9.95. The van der Waals surface area contributed by atoms with E-state index in [1.165, 1.54) is 0 Å². The van der Waals surface area contributed by atoms with Crippen molar-refractivity contribution in [3.63, 3.8) is 0 Å². The Balaban J connectivity index is 1.63. The fourth-order valence-corrected chi connectivity index (χ4v) is 3.03. The van der Waals surface area contributed by atoms with Crippen LogP contribution in [0, 0.1) is 0 Å². The van der Waals surface area contributed by atoms with Crippen LogP contribution in [0.25, 0.3) is 0 Å². The third-order valence-corrected chi connectivity index (χ3v) is 4.31. The minimum Gasteiger partial charge on any atom is -0.454 e. The standard InChI is InChI=1S/C16H17N3O3/c1-19(10-6-7-13-14(8-10)22-9-21-13)16(20)15-11-4-2-3-5-12(11)17-18-15/h6-8H,2-5,9H2,1H3,(H,17,18). The number of hydrogen-bond acceptors (Lipinski definition) is 4. The maximum Gasteiger partial charge on any atom is 0.278 e. The Morgan fingerprint density at radius 2 is 2.05 bits per heavy atom. The highest BCUT2D eigenvalue weighted by molar-refractivity contribution is 6.05. The number of fused-ring (bicyclic) bond motifs is 2. The van der Waals surface area contributed by atoms with Crippen LogP contribution in [0.2, 0.25) is 0 Å². The van der Waals surface area contributed by atoms with Gasteiger partial charge in [0.15, 0.2) is 17.2 Å². The summed E-state index contributed by atoms with van der Waals surface area (Å²) in [5.74, 6) is 1.28. The molecule has 4 rings (SSSR count). The molecule has 2 aromatic rings. The molecule has 0 saturated carbocycles. The van der Waals surface area contributed by atoms with Crippen LogP contribution in [-0.4, -0.2) is 29.9 Å². The zero-order chi connectivity index (χ0) is 15.1. The molecule has 6 nitrogen and oxygen atoms in total. The number of aryl methyl sites for hydroxylation is 1. The van der Waals surface area contributed by atoms with Crippen LogP contribution >= 0.6 is 0 Å². The molecule has 0 unspecified atom stereocenters. The van der Waals surface area contributed by atoms with Crippen molar-refractivity contribution in [3.05, 3.63) is 35.2 Å². The second-order valence-electron chi connectivity index (χ2n) is 5.64. The van der Waals surface area contributed by atoms with E-state index >= 15 is 0 Å². The number of nitrogens with zero attached hydrogens (tertiary/aromatic N) is 2. The average molecular weight is 299 g/mol. The molecule has 0 saturated heterocycles. The van der Waals surface area contributed by atoms with E-state index in [1.807, 2.05) is 18.2 Å². The van der Waals surface area contributed by atoms with E-state index in [0.717, 1.165) is 42.6 Å². The van der Waals surface area contributed by atoms with E-state index in [2.05, 4.69) is 10.2 Å². The maximum atomic E-state index is 12.7. The highest BCUT2D eigenvalue weighted by Gasteiger charge is 2.25. The summed E-state index contributed by atoms with van der Waals surface area (Å²) in [4.78, 5) is 14.4. The largest absolute Gasteiger partial charge is 0.454 e. The lowest BCUT2D eigenvalue weighted by molar-refractivity contribution is 0.0987. The third-order valence-electron chi connectivity index (χ3n) is 4.31. The minimum absolute atomic E-state index is 0.0988. The van der Waals surface area contributed by atoms with Crippen molar-refractivity contribution in [3.8, 4) is 11.5 Å². The molecule has 1 aliphatic carbocycles. The van der Waals surface area contributed by atoms with Crippen molar-refractivity contribution in [1.29, 1.82) is 0 Å². The van der Waals surface area contributed by atoms with Crippen molar-refractivity contribution in [2.75, 3.05) is 18.7 Å². The van der Waals surface area contributed by atoms with E-state index in [-0.39, 0.29) is 12.7 Å². The normalized spacial score (nSPS) is 15.5. The summed E-state index contributed by atoms with van der Waals surface area (Å²) >= 11 is 0. The van der Waals surface area contributed by atoms with Crippen LogP contribution < -0.4 is 14.4 Å². The van der Waals surface area contributed by atoms with Gasteiger partial charge in [0.2, 0.25) is 6.79 Å². The Morgan fingerprint density at radius 1 is 1.23 bits per heavy atom. The minimum atomic E-state index is -0.0988. The van der Waals surface area contributed by atoms with Crippen LogP contribution in [0.15, 0.2) is 18.2 Å². The number of aromatic nitrogens is 2. The number of aromatic amines is 1. The highest BCUT2D eigenvalue weighted by atomic mass is 16.7. The summed E-state index contributed by atoms with van der Waals surface area (Å²) in [6.07, 6.45) is 4.16. The lowest BCUT2D eigenvalue weighted by Gasteiger charge is -2.18. The van der Waals surface area contributed by atoms with Gasteiger partial charge in [0, 0.05) is 30.1 Å². The Morgan fingerprint density at radius 3 is 2.95 bits per heavy atom. The summed E-state index contributed by atoms with van der Waals surface area (Å²) in [6.45, 7) is 0.226. The van der Waals surface area contributed by atoms with Gasteiger partial charge < -0.3 is 14.4 Å². The molecule has 0 radical (unpaired) electrons. The number of carbonyl (C=O) groups is 1. The summed E-state index contributed by atoms with van der Waals surface area (Å²) in [6, 6.07) is 5.49. The Kier molecular flexibility index (Phi) is 3.03. The predicted octanol–water partition coefficient (Wildman–Crippen LogP) is 2.29. The molecule has 6 heteroatoms. The lowest BCUT2D eigenvalue weighted by Crippen LogP contribution is -2.27. The fourth-order valence-electron chi connectivity index (χ4n) is 3.03. The van der Waals surface area contributed by atoms with Gasteiger partial charge in [-0.15, -0.1) is 0 Å². The molecular formula is C16H17N3O3. The number of hydrogen-bond donors (Lipinski definition) is 1. The quantitative estimate of drug-likeness (QED) is 0.924. The number of amides is 1. The molecule has 0 atom stereocenters. The predicted molar refractivity (Wildman–Crippen MR) is 80.5 cm³/mol. The molecule has 1 N–H and O–H groups in total. The molecule has 1 amide bonds. The summed E-state index contributed by atoms with van der Waals surface area (Å²) in [5.41, 5.74) is 3.48. The van der Waals surface area contributed by atoms with Crippen molar-refractivity contribution < 1.29 is 14.3 Å². The first-order valence-corrected chi connectivity index (χ1v) is 7.48. The average Bonchev–Trinajstić information content (AvgIpc) is 3.19. The van der Waals surface area contributed by atoms with Gasteiger partial charge in [0.1, 0.15) is 0 Å². The molecule has 0 spiro atoms. The van der Waals surface area contributed by atoms with Gasteiger partial charge in [-0.25, -0.2) is 0 Å². The summed E-state index contributed by atoms with van der Waals surface area (Å²) < 4.78 is 10.7. The van der Waals surface area contributed by atoms with Crippen molar-refractivity contribution in [2.45, 2.75) is 25.7 Å². The number of rotatable bonds is 2. The number of carbonyl (C=O) groups excluding carboxylic acids is 1. The van der Waals surface area contributed by atoms with E-state index in [1.54, 1.807) is 11.9 Å². The fraction of sp³-hybridized carbons (Fsp3) is 0.375. The zero-order valence-electron chi connectivity index (χ0n) is 12.4. The van der Waals surface area contributed by atoms with Crippen LogP contribution in [0.4, 0.5) is 5.69 Å². The van der Waals surface area contributed by atoms with E-state index in [4.69, 9.17) is 9.47 Å². The topological polar surface area (TPSA) is 67.5 Å². The summed E-state index contributed by atoms with van der Waals surface area (Å²) in [7, 11) is 1.75. The van der Waals surface area contributed by atoms with Gasteiger partial charge in [-0.05, 0) is 37.8 Å². The first kappa shape index (κ1) is 13.2. The van der Waals surface area contributed by atoms with Crippen molar-refractivity contribution in [2.24, 2.45) is 0 Å². The van der Waals surface area contributed by atoms with Gasteiger partial charge in [-0.1, -0.05) is 0 Å². The molecule has 0 bridgehead atoms. The highest BCUT2D eigenvalue weighted by Crippen LogP contribution is 2.35.